The molecule has 81 valence electrons. The normalized spacial score (nSPS) is 2.18. The minimum atomic E-state index is -1.50. The van der Waals surface area contributed by atoms with Crippen molar-refractivity contribution in [1.29, 1.82) is 0 Å². The maximum absolute atomic E-state index is 8.36. The predicted molar refractivity (Wildman–Crippen MR) is 37.5 cm³/mol. The van der Waals surface area contributed by atoms with E-state index in [-0.39, 0.29) is 56.3 Å². The van der Waals surface area contributed by atoms with Crippen molar-refractivity contribution in [3.63, 3.8) is 0 Å². The van der Waals surface area contributed by atoms with Gasteiger partial charge in [-0.25, -0.2) is 0 Å². The average molecular weight is 358 g/mol. The molecule has 0 aliphatic heterocycles. The number of hydrogen-bond donors (Lipinski definition) is 6. The van der Waals surface area contributed by atoms with Crippen molar-refractivity contribution in [3.05, 3.63) is 10.1 Å². The molecule has 18 N–H and O–H groups in total. The van der Waals surface area contributed by atoms with Gasteiger partial charge in [-0.05, 0) is 0 Å². The Hall–Kier alpha value is -0.391. The second kappa shape index (κ2) is 105. The van der Waals surface area contributed by atoms with E-state index in [1.807, 2.05) is 0 Å². The Bertz CT molecular complexity index is 37.6. The first-order chi connectivity index (χ1) is 1.73. The molecule has 0 unspecified atom stereocenters. The van der Waals surface area contributed by atoms with Gasteiger partial charge in [0.15, 0.2) is 0 Å². The fraction of sp³-hybridized carbons (Fsp3) is 0. The first-order valence-corrected chi connectivity index (χ1v) is 0.565. The van der Waals surface area contributed by atoms with Gasteiger partial charge in [0, 0.05) is 20.1 Å². The van der Waals surface area contributed by atoms with E-state index < -0.39 is 5.09 Å². The van der Waals surface area contributed by atoms with E-state index in [4.69, 9.17) is 15.3 Å². The molecule has 11 heteroatoms. The number of rotatable bonds is 0. The molecule has 0 spiro atoms. The van der Waals surface area contributed by atoms with E-state index in [1.165, 1.54) is 0 Å². The Labute approximate surface area is 77.4 Å². The summed E-state index contributed by atoms with van der Waals surface area (Å²) in [7, 11) is 0. The molecule has 0 aliphatic carbocycles. The van der Waals surface area contributed by atoms with Gasteiger partial charge < -0.3 is 41.4 Å². The molecule has 0 saturated heterocycles. The Kier molecular flexibility index (Phi) is 1370. The van der Waals surface area contributed by atoms with Crippen molar-refractivity contribution in [2.45, 2.75) is 0 Å². The summed E-state index contributed by atoms with van der Waals surface area (Å²) in [6, 6.07) is 0. The third-order valence-electron chi connectivity index (χ3n) is 0. The minimum absolute atomic E-state index is 0. The maximum atomic E-state index is 8.36. The van der Waals surface area contributed by atoms with Crippen LogP contribution in [0.1, 0.15) is 0 Å². The summed E-state index contributed by atoms with van der Waals surface area (Å²) >= 11 is 0. The van der Waals surface area contributed by atoms with Crippen LogP contribution in [0.4, 0.5) is 0 Å². The molecule has 0 aromatic heterocycles. The van der Waals surface area contributed by atoms with Crippen molar-refractivity contribution in [2.24, 2.45) is 0 Å². The van der Waals surface area contributed by atoms with E-state index in [0.29, 0.717) is 0 Å². The van der Waals surface area contributed by atoms with Gasteiger partial charge in [0.25, 0.3) is 5.09 Å². The molecular formula is H18IrN6O4. The summed E-state index contributed by atoms with van der Waals surface area (Å²) in [4.78, 5) is 8.36. The van der Waals surface area contributed by atoms with E-state index in [9.17, 15) is 0 Å². The van der Waals surface area contributed by atoms with Gasteiger partial charge in [-0.2, -0.15) is 0 Å². The first kappa shape index (κ1) is 144. The monoisotopic (exact) mass is 359 g/mol. The molecule has 0 saturated carbocycles. The quantitative estimate of drug-likeness (QED) is 0.245. The van der Waals surface area contributed by atoms with Crippen LogP contribution in [-0.2, 0) is 20.1 Å². The van der Waals surface area contributed by atoms with Gasteiger partial charge in [-0.15, -0.1) is 10.1 Å². The molecule has 0 aliphatic rings. The molecule has 0 atom stereocenters. The third-order valence-corrected chi connectivity index (χ3v) is 0. The zero-order valence-electron chi connectivity index (χ0n) is 6.08. The Morgan fingerprint density at radius 3 is 1.00 bits per heavy atom. The van der Waals surface area contributed by atoms with Crippen molar-refractivity contribution in [2.75, 3.05) is 0 Å². The molecule has 0 bridgehead atoms. The summed E-state index contributed by atoms with van der Waals surface area (Å²) in [5.74, 6) is 0. The molecule has 0 heterocycles. The van der Waals surface area contributed by atoms with E-state index in [0.717, 1.165) is 0 Å². The van der Waals surface area contributed by atoms with E-state index in [1.54, 1.807) is 0 Å². The standard InChI is InChI=1S/Ir.HNO3.5H3N.H2O/c;2-1(3)4;;;;;;/h;(H,2,3,4);5*1H3;1H2. The largest absolute Gasteiger partial charge is 0.412 e. The summed E-state index contributed by atoms with van der Waals surface area (Å²) in [6.07, 6.45) is 0. The molecule has 1 radical (unpaired) electrons. The number of nitrogens with zero attached hydrogens (tertiary/aromatic N) is 1. The molecular weight excluding hydrogens is 340 g/mol. The maximum Gasteiger partial charge on any atom is 0.291 e. The molecule has 0 aromatic rings. The van der Waals surface area contributed by atoms with Gasteiger partial charge in [-0.1, -0.05) is 0 Å². The van der Waals surface area contributed by atoms with Crippen LogP contribution in [0.5, 0.6) is 0 Å². The predicted octanol–water partition coefficient (Wildman–Crippen LogP) is -0.365. The summed E-state index contributed by atoms with van der Waals surface area (Å²) in [5.41, 5.74) is 0. The van der Waals surface area contributed by atoms with E-state index in [2.05, 4.69) is 0 Å². The fourth-order valence-electron chi connectivity index (χ4n) is 0. The van der Waals surface area contributed by atoms with Crippen molar-refractivity contribution in [3.8, 4) is 0 Å². The molecule has 0 aromatic carbocycles. The molecule has 0 amide bonds. The van der Waals surface area contributed by atoms with Crippen LogP contribution in [0, 0.1) is 10.1 Å². The van der Waals surface area contributed by atoms with Gasteiger partial charge >= 0.3 is 0 Å². The third kappa shape index (κ3) is 3650. The van der Waals surface area contributed by atoms with Crippen LogP contribution < -0.4 is 30.8 Å². The van der Waals surface area contributed by atoms with Crippen LogP contribution in [0.3, 0.4) is 0 Å². The molecule has 0 rings (SSSR count). The molecule has 11 heavy (non-hydrogen) atoms. The van der Waals surface area contributed by atoms with Gasteiger partial charge in [0.05, 0.1) is 0 Å². The topological polar surface area (TPSA) is 270 Å². The zero-order valence-corrected chi connectivity index (χ0v) is 8.47. The number of hydrogen-bond acceptors (Lipinski definition) is 7. The van der Waals surface area contributed by atoms with Crippen LogP contribution in [0.15, 0.2) is 0 Å². The summed E-state index contributed by atoms with van der Waals surface area (Å²) in [5, 5.41) is 13.6. The first-order valence-electron chi connectivity index (χ1n) is 0.565. The van der Waals surface area contributed by atoms with Gasteiger partial charge in [-0.3, -0.25) is 0 Å². The van der Waals surface area contributed by atoms with Gasteiger partial charge in [0.1, 0.15) is 0 Å². The molecule has 0 fully saturated rings. The Balaban J connectivity index is -0.00000000214. The zero-order chi connectivity index (χ0) is 3.58. The van der Waals surface area contributed by atoms with Crippen molar-refractivity contribution in [1.82, 2.24) is 30.8 Å². The smallest absolute Gasteiger partial charge is 0.291 e. The summed E-state index contributed by atoms with van der Waals surface area (Å²) < 4.78 is 0. The summed E-state index contributed by atoms with van der Waals surface area (Å²) in [6.45, 7) is 0. The van der Waals surface area contributed by atoms with Crippen LogP contribution in [0.25, 0.3) is 0 Å². The van der Waals surface area contributed by atoms with Gasteiger partial charge in [0.2, 0.25) is 0 Å². The van der Waals surface area contributed by atoms with Crippen LogP contribution in [0.2, 0.25) is 0 Å². The van der Waals surface area contributed by atoms with Crippen molar-refractivity contribution < 1.29 is 35.9 Å². The molecule has 10 nitrogen and oxygen atoms in total. The van der Waals surface area contributed by atoms with Crippen LogP contribution >= 0.6 is 0 Å². The van der Waals surface area contributed by atoms with Crippen LogP contribution in [-0.4, -0.2) is 15.8 Å². The fourth-order valence-corrected chi connectivity index (χ4v) is 0. The minimum Gasteiger partial charge on any atom is -0.412 e. The second-order valence-corrected chi connectivity index (χ2v) is 0.238. The SMILES string of the molecule is N.N.N.N.N.O.O=[N+]([O-])O.[Ir]. The Morgan fingerprint density at radius 2 is 1.00 bits per heavy atom. The Morgan fingerprint density at radius 1 is 1.00 bits per heavy atom. The van der Waals surface area contributed by atoms with Crippen molar-refractivity contribution >= 4 is 0 Å². The van der Waals surface area contributed by atoms with E-state index >= 15 is 0 Å². The second-order valence-electron chi connectivity index (χ2n) is 0.238. The average Bonchev–Trinajstić information content (AvgIpc) is 0.811.